The van der Waals surface area contributed by atoms with Crippen molar-refractivity contribution in [1.82, 2.24) is 4.90 Å². The first-order valence-corrected chi connectivity index (χ1v) is 8.84. The van der Waals surface area contributed by atoms with Gasteiger partial charge in [-0.3, -0.25) is 9.59 Å². The fourth-order valence-corrected chi connectivity index (χ4v) is 2.34. The zero-order valence-corrected chi connectivity index (χ0v) is 15.8. The maximum atomic E-state index is 12.3. The van der Waals surface area contributed by atoms with Crippen LogP contribution in [-0.4, -0.2) is 61.4 Å². The van der Waals surface area contributed by atoms with Gasteiger partial charge >= 0.3 is 5.97 Å². The molecule has 0 aliphatic rings. The number of hydrogen-bond donors (Lipinski definition) is 1. The summed E-state index contributed by atoms with van der Waals surface area (Å²) < 4.78 is 15.5. The van der Waals surface area contributed by atoms with Crippen molar-refractivity contribution in [2.75, 3.05) is 33.4 Å². The standard InChI is InChI=1S/C19H29NO6/c1-4-25-19(23)11-12-20(14-15(2)21)18(22)6-5-13-26-17-9-7-16(24-3)8-10-17/h7-10,15,21H,4-6,11-14H2,1-3H3. The number of carbonyl (C=O) groups is 2. The molecule has 0 bridgehead atoms. The van der Waals surface area contributed by atoms with Crippen LogP contribution in [0.1, 0.15) is 33.1 Å². The van der Waals surface area contributed by atoms with Crippen LogP contribution in [0.25, 0.3) is 0 Å². The molecule has 1 amide bonds. The number of methoxy groups -OCH3 is 1. The Labute approximate surface area is 154 Å². The summed E-state index contributed by atoms with van der Waals surface area (Å²) in [7, 11) is 1.60. The van der Waals surface area contributed by atoms with Crippen LogP contribution in [0, 0.1) is 0 Å². The molecule has 26 heavy (non-hydrogen) atoms. The Hall–Kier alpha value is -2.28. The van der Waals surface area contributed by atoms with Gasteiger partial charge in [0.2, 0.25) is 5.91 Å². The van der Waals surface area contributed by atoms with Gasteiger partial charge in [0.25, 0.3) is 0 Å². The van der Waals surface area contributed by atoms with E-state index in [1.54, 1.807) is 45.2 Å². The molecule has 146 valence electrons. The van der Waals surface area contributed by atoms with Gasteiger partial charge in [-0.2, -0.15) is 0 Å². The molecule has 0 fully saturated rings. The number of esters is 1. The van der Waals surface area contributed by atoms with Gasteiger partial charge in [-0.15, -0.1) is 0 Å². The Balaban J connectivity index is 2.38. The van der Waals surface area contributed by atoms with Gasteiger partial charge in [0, 0.05) is 19.5 Å². The van der Waals surface area contributed by atoms with E-state index in [-0.39, 0.29) is 37.8 Å². The fraction of sp³-hybridized carbons (Fsp3) is 0.579. The molecular formula is C19H29NO6. The SMILES string of the molecule is CCOC(=O)CCN(CC(C)O)C(=O)CCCOc1ccc(OC)cc1. The molecule has 0 heterocycles. The molecular weight excluding hydrogens is 338 g/mol. The maximum absolute atomic E-state index is 12.3. The summed E-state index contributed by atoms with van der Waals surface area (Å²) in [6, 6.07) is 7.22. The first-order chi connectivity index (χ1) is 12.5. The Bertz CT molecular complexity index is 543. The summed E-state index contributed by atoms with van der Waals surface area (Å²) in [5.41, 5.74) is 0. The number of rotatable bonds is 12. The van der Waals surface area contributed by atoms with Gasteiger partial charge in [0.15, 0.2) is 0 Å². The molecule has 0 aliphatic carbocycles. The van der Waals surface area contributed by atoms with Crippen LogP contribution in [0.2, 0.25) is 0 Å². The lowest BCUT2D eigenvalue weighted by molar-refractivity contribution is -0.144. The van der Waals surface area contributed by atoms with Crippen molar-refractivity contribution in [1.29, 1.82) is 0 Å². The maximum Gasteiger partial charge on any atom is 0.307 e. The van der Waals surface area contributed by atoms with Gasteiger partial charge in [0.05, 0.1) is 32.8 Å². The Kier molecular flexibility index (Phi) is 10.2. The van der Waals surface area contributed by atoms with Crippen molar-refractivity contribution in [3.8, 4) is 11.5 Å². The smallest absolute Gasteiger partial charge is 0.307 e. The summed E-state index contributed by atoms with van der Waals surface area (Å²) in [6.45, 7) is 4.49. The average molecular weight is 367 g/mol. The summed E-state index contributed by atoms with van der Waals surface area (Å²) in [6.07, 6.45) is 0.290. The predicted molar refractivity (Wildman–Crippen MR) is 97.2 cm³/mol. The molecule has 1 N–H and O–H groups in total. The normalized spacial score (nSPS) is 11.5. The number of amides is 1. The van der Waals surface area contributed by atoms with E-state index in [1.165, 1.54) is 4.90 Å². The quantitative estimate of drug-likeness (QED) is 0.449. The third-order valence-electron chi connectivity index (χ3n) is 3.59. The first kappa shape index (κ1) is 21.8. The molecule has 1 atom stereocenters. The van der Waals surface area contributed by atoms with Crippen molar-refractivity contribution < 1.29 is 28.9 Å². The van der Waals surface area contributed by atoms with Crippen LogP contribution in [-0.2, 0) is 14.3 Å². The molecule has 0 aromatic heterocycles. The highest BCUT2D eigenvalue weighted by molar-refractivity contribution is 5.77. The topological polar surface area (TPSA) is 85.3 Å². The van der Waals surface area contributed by atoms with E-state index in [4.69, 9.17) is 14.2 Å². The molecule has 0 spiro atoms. The second-order valence-corrected chi connectivity index (χ2v) is 5.87. The number of carbonyl (C=O) groups excluding carboxylic acids is 2. The van der Waals surface area contributed by atoms with E-state index in [0.29, 0.717) is 25.4 Å². The van der Waals surface area contributed by atoms with Crippen LogP contribution < -0.4 is 9.47 Å². The van der Waals surface area contributed by atoms with Crippen LogP contribution in [0.4, 0.5) is 0 Å². The number of ether oxygens (including phenoxy) is 3. The number of aliphatic hydroxyl groups is 1. The summed E-state index contributed by atoms with van der Waals surface area (Å²) >= 11 is 0. The fourth-order valence-electron chi connectivity index (χ4n) is 2.34. The lowest BCUT2D eigenvalue weighted by Gasteiger charge is -2.23. The molecule has 1 aromatic carbocycles. The Morgan fingerprint density at radius 2 is 1.81 bits per heavy atom. The number of benzene rings is 1. The van der Waals surface area contributed by atoms with Crippen molar-refractivity contribution in [3.05, 3.63) is 24.3 Å². The average Bonchev–Trinajstić information content (AvgIpc) is 2.62. The van der Waals surface area contributed by atoms with E-state index >= 15 is 0 Å². The predicted octanol–water partition coefficient (Wildman–Crippen LogP) is 2.02. The minimum atomic E-state index is -0.656. The van der Waals surface area contributed by atoms with Crippen molar-refractivity contribution in [2.24, 2.45) is 0 Å². The Morgan fingerprint density at radius 3 is 2.38 bits per heavy atom. The first-order valence-electron chi connectivity index (χ1n) is 8.84. The molecule has 1 aromatic rings. The van der Waals surface area contributed by atoms with Gasteiger partial charge in [-0.25, -0.2) is 0 Å². The van der Waals surface area contributed by atoms with Crippen molar-refractivity contribution >= 4 is 11.9 Å². The number of hydrogen-bond acceptors (Lipinski definition) is 6. The zero-order chi connectivity index (χ0) is 19.4. The highest BCUT2D eigenvalue weighted by Crippen LogP contribution is 2.17. The lowest BCUT2D eigenvalue weighted by atomic mass is 10.2. The summed E-state index contributed by atoms with van der Waals surface area (Å²) in [5, 5.41) is 9.56. The highest BCUT2D eigenvalue weighted by Gasteiger charge is 2.17. The van der Waals surface area contributed by atoms with Crippen molar-refractivity contribution in [2.45, 2.75) is 39.2 Å². The zero-order valence-electron chi connectivity index (χ0n) is 15.8. The number of aliphatic hydroxyl groups excluding tert-OH is 1. The Morgan fingerprint density at radius 1 is 1.15 bits per heavy atom. The van der Waals surface area contributed by atoms with Gasteiger partial charge in [-0.1, -0.05) is 0 Å². The molecule has 0 saturated carbocycles. The minimum absolute atomic E-state index is 0.117. The minimum Gasteiger partial charge on any atom is -0.497 e. The summed E-state index contributed by atoms with van der Waals surface area (Å²) in [4.78, 5) is 25.3. The largest absolute Gasteiger partial charge is 0.497 e. The lowest BCUT2D eigenvalue weighted by Crippen LogP contribution is -2.38. The third kappa shape index (κ3) is 8.71. The second kappa shape index (κ2) is 12.1. The van der Waals surface area contributed by atoms with E-state index in [9.17, 15) is 14.7 Å². The monoisotopic (exact) mass is 367 g/mol. The molecule has 0 aliphatic heterocycles. The number of nitrogens with zero attached hydrogens (tertiary/aromatic N) is 1. The van der Waals surface area contributed by atoms with Crippen LogP contribution in [0.5, 0.6) is 11.5 Å². The van der Waals surface area contributed by atoms with Crippen LogP contribution in [0.15, 0.2) is 24.3 Å². The van der Waals surface area contributed by atoms with Gasteiger partial charge in [-0.05, 0) is 44.5 Å². The van der Waals surface area contributed by atoms with Gasteiger partial charge in [0.1, 0.15) is 11.5 Å². The van der Waals surface area contributed by atoms with Crippen LogP contribution >= 0.6 is 0 Å². The molecule has 1 rings (SSSR count). The van der Waals surface area contributed by atoms with E-state index < -0.39 is 6.10 Å². The molecule has 0 radical (unpaired) electrons. The molecule has 1 unspecified atom stereocenters. The third-order valence-corrected chi connectivity index (χ3v) is 3.59. The van der Waals surface area contributed by atoms with E-state index in [2.05, 4.69) is 0 Å². The summed E-state index contributed by atoms with van der Waals surface area (Å²) in [5.74, 6) is 0.997. The second-order valence-electron chi connectivity index (χ2n) is 5.87. The van der Waals surface area contributed by atoms with E-state index in [0.717, 1.165) is 5.75 Å². The van der Waals surface area contributed by atoms with Crippen LogP contribution in [0.3, 0.4) is 0 Å². The molecule has 7 heteroatoms. The van der Waals surface area contributed by atoms with Crippen molar-refractivity contribution in [3.63, 3.8) is 0 Å². The van der Waals surface area contributed by atoms with E-state index in [1.807, 2.05) is 0 Å². The highest BCUT2D eigenvalue weighted by atomic mass is 16.5. The molecule has 0 saturated heterocycles. The van der Waals surface area contributed by atoms with Gasteiger partial charge < -0.3 is 24.2 Å². The molecule has 7 nitrogen and oxygen atoms in total.